The van der Waals surface area contributed by atoms with Gasteiger partial charge in [0.15, 0.2) is 0 Å². The topological polar surface area (TPSA) is 72.7 Å². The van der Waals surface area contributed by atoms with Crippen molar-refractivity contribution in [2.24, 2.45) is 4.99 Å². The van der Waals surface area contributed by atoms with E-state index in [1.54, 1.807) is 0 Å². The van der Waals surface area contributed by atoms with Crippen LogP contribution in [0.15, 0.2) is 17.1 Å². The number of phenols is 1. The van der Waals surface area contributed by atoms with Gasteiger partial charge in [-0.15, -0.1) is 0 Å². The number of carboxylic acids is 1. The molecule has 1 rings (SSSR count). The second-order valence-corrected chi connectivity index (χ2v) is 8.57. The first kappa shape index (κ1) is 23.8. The molecule has 1 aromatic carbocycles. The van der Waals surface area contributed by atoms with Crippen LogP contribution in [-0.2, 0) is 15.6 Å². The fraction of sp³-hybridized carbons (Fsp3) is 0.579. The molecule has 0 saturated carbocycles. The number of nitrogens with zero attached hydrogens (tertiary/aromatic N) is 1. The first-order valence-electron chi connectivity index (χ1n) is 7.81. The number of hydrogen-bond donors (Lipinski definition) is 1. The van der Waals surface area contributed by atoms with Crippen molar-refractivity contribution in [3.63, 3.8) is 0 Å². The Kier molecular flexibility index (Phi) is 7.93. The van der Waals surface area contributed by atoms with Crippen molar-refractivity contribution < 1.29 is 66.4 Å². The van der Waals surface area contributed by atoms with Crippen molar-refractivity contribution in [1.29, 1.82) is 0 Å². The van der Waals surface area contributed by atoms with Crippen LogP contribution >= 0.6 is 0 Å². The average molecular weight is 358 g/mol. The van der Waals surface area contributed by atoms with Gasteiger partial charge in [-0.25, -0.2) is 0 Å². The summed E-state index contributed by atoms with van der Waals surface area (Å²) >= 11 is 0. The Morgan fingerprint density at radius 3 is 1.92 bits per heavy atom. The van der Waals surface area contributed by atoms with Crippen LogP contribution in [0.5, 0.6) is 5.75 Å². The molecule has 0 spiro atoms. The van der Waals surface area contributed by atoms with Gasteiger partial charge in [-0.2, -0.15) is 0 Å². The summed E-state index contributed by atoms with van der Waals surface area (Å²) in [4.78, 5) is 15.2. The molecule has 128 valence electrons. The van der Waals surface area contributed by atoms with E-state index >= 15 is 0 Å². The molecule has 0 bridgehead atoms. The second kappa shape index (κ2) is 8.00. The fourth-order valence-electron chi connectivity index (χ4n) is 2.04. The largest absolute Gasteiger partial charge is 1.00 e. The molecule has 0 aliphatic rings. The second-order valence-electron chi connectivity index (χ2n) is 8.57. The number of hydrogen-bond acceptors (Lipinski definition) is 4. The van der Waals surface area contributed by atoms with Crippen LogP contribution in [0, 0.1) is 0 Å². The number of rotatable bonds is 3. The van der Waals surface area contributed by atoms with E-state index in [2.05, 4.69) is 25.8 Å². The van der Waals surface area contributed by atoms with Gasteiger partial charge in [0.05, 0.1) is 11.5 Å². The van der Waals surface area contributed by atoms with E-state index in [-0.39, 0.29) is 68.0 Å². The number of carbonyl (C=O) groups excluding carboxylic acids is 1. The molecular weight excluding hydrogens is 329 g/mol. The summed E-state index contributed by atoms with van der Waals surface area (Å²) in [6.45, 7) is 15.3. The van der Waals surface area contributed by atoms with E-state index in [4.69, 9.17) is 0 Å². The summed E-state index contributed by atoms with van der Waals surface area (Å²) in [6, 6.07) is 3.87. The van der Waals surface area contributed by atoms with Gasteiger partial charge in [-0.3, -0.25) is 4.99 Å². The summed E-state index contributed by atoms with van der Waals surface area (Å²) in [6.07, 6.45) is 1.43. The van der Waals surface area contributed by atoms with Crippen LogP contribution in [0.4, 0.5) is 0 Å². The predicted molar refractivity (Wildman–Crippen MR) is 92.2 cm³/mol. The van der Waals surface area contributed by atoms with Gasteiger partial charge < -0.3 is 15.0 Å². The third-order valence-electron chi connectivity index (χ3n) is 3.84. The molecule has 1 aromatic rings. The third-order valence-corrected chi connectivity index (χ3v) is 3.84. The van der Waals surface area contributed by atoms with Crippen molar-refractivity contribution in [2.45, 2.75) is 71.8 Å². The number of carboxylic acid groups (broad SMARTS) is 1. The molecule has 0 heterocycles. The van der Waals surface area contributed by atoms with E-state index in [0.717, 1.165) is 11.1 Å². The SMILES string of the molecule is CC(C)(N=Cc1cc(C(C)(C)C)cc(C(C)(C)C)c1O)C(=O)[O-].[K+]. The molecular formula is C19H28KNO3. The van der Waals surface area contributed by atoms with Gasteiger partial charge in [0.1, 0.15) is 5.75 Å². The Balaban J connectivity index is 0.00000529. The van der Waals surface area contributed by atoms with Crippen LogP contribution in [0.2, 0.25) is 0 Å². The maximum atomic E-state index is 11.1. The molecule has 24 heavy (non-hydrogen) atoms. The van der Waals surface area contributed by atoms with Crippen LogP contribution in [0.25, 0.3) is 0 Å². The van der Waals surface area contributed by atoms with Gasteiger partial charge in [-0.05, 0) is 36.3 Å². The van der Waals surface area contributed by atoms with Crippen molar-refractivity contribution in [1.82, 2.24) is 0 Å². The van der Waals surface area contributed by atoms with E-state index < -0.39 is 11.5 Å². The zero-order valence-electron chi connectivity index (χ0n) is 16.4. The Bertz CT molecular complexity index is 635. The molecule has 0 aromatic heterocycles. The Morgan fingerprint density at radius 2 is 1.54 bits per heavy atom. The minimum Gasteiger partial charge on any atom is -0.548 e. The van der Waals surface area contributed by atoms with Crippen LogP contribution in [0.1, 0.15) is 72.1 Å². The van der Waals surface area contributed by atoms with Crippen LogP contribution in [0.3, 0.4) is 0 Å². The van der Waals surface area contributed by atoms with Crippen LogP contribution < -0.4 is 56.5 Å². The van der Waals surface area contributed by atoms with Crippen molar-refractivity contribution in [3.05, 3.63) is 28.8 Å². The molecule has 0 aliphatic heterocycles. The maximum absolute atomic E-state index is 11.1. The molecule has 0 aliphatic carbocycles. The summed E-state index contributed by atoms with van der Waals surface area (Å²) in [5, 5.41) is 21.7. The Hall–Kier alpha value is -0.204. The standard InChI is InChI=1S/C19H29NO3.K/c1-17(2,3)13-9-12(11-20-19(7,8)16(22)23)15(21)14(10-13)18(4,5)6;/h9-11,21H,1-8H3,(H,22,23);/q;+1/p-1. The van der Waals surface area contributed by atoms with Gasteiger partial charge in [-0.1, -0.05) is 47.6 Å². The Labute approximate surface area is 188 Å². The summed E-state index contributed by atoms with van der Waals surface area (Å²) in [5.74, 6) is -1.11. The number of carbonyl (C=O) groups is 1. The van der Waals surface area contributed by atoms with Gasteiger partial charge in [0.25, 0.3) is 0 Å². The maximum Gasteiger partial charge on any atom is 1.00 e. The summed E-state index contributed by atoms with van der Waals surface area (Å²) < 4.78 is 0. The van der Waals surface area contributed by atoms with Gasteiger partial charge >= 0.3 is 51.4 Å². The predicted octanol–water partition coefficient (Wildman–Crippen LogP) is -0.0614. The van der Waals surface area contributed by atoms with Crippen molar-refractivity contribution in [2.75, 3.05) is 0 Å². The molecule has 0 amide bonds. The summed E-state index contributed by atoms with van der Waals surface area (Å²) in [5.41, 5.74) is 0.728. The molecule has 5 heteroatoms. The number of aromatic hydroxyl groups is 1. The van der Waals surface area contributed by atoms with E-state index in [1.807, 2.05) is 32.9 Å². The molecule has 0 unspecified atom stereocenters. The fourth-order valence-corrected chi connectivity index (χ4v) is 2.04. The monoisotopic (exact) mass is 357 g/mol. The molecule has 0 fully saturated rings. The number of benzene rings is 1. The molecule has 0 atom stereocenters. The van der Waals surface area contributed by atoms with Crippen LogP contribution in [-0.4, -0.2) is 22.8 Å². The smallest absolute Gasteiger partial charge is 0.548 e. The minimum absolute atomic E-state index is 0. The minimum atomic E-state index is -1.34. The first-order chi connectivity index (χ1) is 10.2. The summed E-state index contributed by atoms with van der Waals surface area (Å²) in [7, 11) is 0. The molecule has 0 saturated heterocycles. The van der Waals surface area contributed by atoms with Crippen molar-refractivity contribution in [3.8, 4) is 5.75 Å². The molecule has 1 N–H and O–H groups in total. The Morgan fingerprint density at radius 1 is 1.04 bits per heavy atom. The van der Waals surface area contributed by atoms with Gasteiger partial charge in [0, 0.05) is 17.3 Å². The third kappa shape index (κ3) is 5.95. The van der Waals surface area contributed by atoms with E-state index in [9.17, 15) is 15.0 Å². The zero-order chi connectivity index (χ0) is 18.2. The molecule has 4 nitrogen and oxygen atoms in total. The number of aliphatic imine (C=N–C) groups is 1. The van der Waals surface area contributed by atoms with E-state index in [0.29, 0.717) is 5.56 Å². The number of phenolic OH excluding ortho intramolecular Hbond substituents is 1. The molecule has 0 radical (unpaired) electrons. The van der Waals surface area contributed by atoms with Gasteiger partial charge in [0.2, 0.25) is 0 Å². The normalized spacial score (nSPS) is 13.0. The number of aliphatic carboxylic acids is 1. The average Bonchev–Trinajstić information content (AvgIpc) is 2.34. The van der Waals surface area contributed by atoms with Crippen molar-refractivity contribution >= 4 is 12.2 Å². The quantitative estimate of drug-likeness (QED) is 0.608. The van der Waals surface area contributed by atoms with E-state index in [1.165, 1.54) is 20.1 Å². The zero-order valence-corrected chi connectivity index (χ0v) is 19.6. The first-order valence-corrected chi connectivity index (χ1v) is 7.81.